The van der Waals surface area contributed by atoms with Crippen molar-refractivity contribution in [2.75, 3.05) is 25.0 Å². The molecule has 3 rings (SSSR count). The van der Waals surface area contributed by atoms with E-state index >= 15 is 0 Å². The second-order valence-corrected chi connectivity index (χ2v) is 8.05. The van der Waals surface area contributed by atoms with Gasteiger partial charge in [0.2, 0.25) is 15.9 Å². The summed E-state index contributed by atoms with van der Waals surface area (Å²) in [5, 5.41) is 12.1. The Morgan fingerprint density at radius 2 is 2.09 bits per heavy atom. The van der Waals surface area contributed by atoms with Crippen LogP contribution >= 0.6 is 0 Å². The van der Waals surface area contributed by atoms with Gasteiger partial charge in [0.05, 0.1) is 4.90 Å². The van der Waals surface area contributed by atoms with Gasteiger partial charge in [-0.25, -0.2) is 8.42 Å². The van der Waals surface area contributed by atoms with Crippen LogP contribution in [0.25, 0.3) is 0 Å². The average molecular weight is 324 g/mol. The largest absolute Gasteiger partial charge is 0.396 e. The number of fused-ring (bicyclic) bond motifs is 1. The first kappa shape index (κ1) is 15.5. The molecule has 0 spiro atoms. The molecule has 2 aliphatic rings. The number of anilines is 1. The van der Waals surface area contributed by atoms with Crippen molar-refractivity contribution in [2.45, 2.75) is 24.7 Å². The second-order valence-electron chi connectivity index (χ2n) is 6.11. The molecule has 6 nitrogen and oxygen atoms in total. The molecule has 0 saturated carbocycles. The van der Waals surface area contributed by atoms with Crippen LogP contribution < -0.4 is 5.32 Å². The Kier molecular flexibility index (Phi) is 3.96. The molecule has 22 heavy (non-hydrogen) atoms. The smallest absolute Gasteiger partial charge is 0.243 e. The number of aryl methyl sites for hydroxylation is 1. The van der Waals surface area contributed by atoms with E-state index in [1.54, 1.807) is 12.1 Å². The van der Waals surface area contributed by atoms with Gasteiger partial charge in [0.1, 0.15) is 0 Å². The Morgan fingerprint density at radius 1 is 1.32 bits per heavy atom. The molecule has 1 fully saturated rings. The minimum atomic E-state index is -3.55. The molecule has 0 unspecified atom stereocenters. The summed E-state index contributed by atoms with van der Waals surface area (Å²) < 4.78 is 26.9. The van der Waals surface area contributed by atoms with E-state index in [9.17, 15) is 18.3 Å². The van der Waals surface area contributed by atoms with E-state index < -0.39 is 10.0 Å². The lowest BCUT2D eigenvalue weighted by Crippen LogP contribution is -2.30. The fourth-order valence-electron chi connectivity index (χ4n) is 3.09. The molecule has 1 saturated heterocycles. The predicted molar refractivity (Wildman–Crippen MR) is 81.9 cm³/mol. The maximum absolute atomic E-state index is 12.7. The zero-order valence-corrected chi connectivity index (χ0v) is 13.3. The third-order valence-electron chi connectivity index (χ3n) is 4.58. The van der Waals surface area contributed by atoms with Crippen LogP contribution in [0, 0.1) is 11.8 Å². The predicted octanol–water partition coefficient (Wildman–Crippen LogP) is 0.820. The van der Waals surface area contributed by atoms with Crippen LogP contribution in [-0.2, 0) is 21.2 Å². The Labute approximate surface area is 130 Å². The highest BCUT2D eigenvalue weighted by Crippen LogP contribution is 2.31. The van der Waals surface area contributed by atoms with Crippen molar-refractivity contribution in [3.05, 3.63) is 23.8 Å². The fourth-order valence-corrected chi connectivity index (χ4v) is 4.74. The van der Waals surface area contributed by atoms with Gasteiger partial charge in [0.15, 0.2) is 0 Å². The standard InChI is InChI=1S/C15H20N2O4S/c1-10-7-17(8-12(10)9-18)22(20,21)13-3-4-14-11(6-13)2-5-15(19)16-14/h3-4,6,10,12,18H,2,5,7-9H2,1H3,(H,16,19)/t10-,12+/m1/s1. The molecule has 2 heterocycles. The van der Waals surface area contributed by atoms with E-state index in [1.807, 2.05) is 6.92 Å². The summed E-state index contributed by atoms with van der Waals surface area (Å²) in [5.74, 6) is 0.102. The molecule has 0 bridgehead atoms. The highest BCUT2D eigenvalue weighted by atomic mass is 32.2. The van der Waals surface area contributed by atoms with Crippen LogP contribution in [0.3, 0.4) is 0 Å². The monoisotopic (exact) mass is 324 g/mol. The Bertz CT molecular complexity index is 701. The minimum absolute atomic E-state index is 0.00338. The first-order valence-corrected chi connectivity index (χ1v) is 8.89. The number of nitrogens with zero attached hydrogens (tertiary/aromatic N) is 1. The summed E-state index contributed by atoms with van der Waals surface area (Å²) in [6.45, 7) is 2.75. The molecule has 2 aliphatic heterocycles. The molecule has 0 aliphatic carbocycles. The van der Waals surface area contributed by atoms with E-state index in [2.05, 4.69) is 5.32 Å². The van der Waals surface area contributed by atoms with Crippen LogP contribution in [0.15, 0.2) is 23.1 Å². The van der Waals surface area contributed by atoms with Crippen molar-refractivity contribution in [2.24, 2.45) is 11.8 Å². The zero-order chi connectivity index (χ0) is 15.9. The summed E-state index contributed by atoms with van der Waals surface area (Å²) in [7, 11) is -3.55. The fraction of sp³-hybridized carbons (Fsp3) is 0.533. The number of sulfonamides is 1. The van der Waals surface area contributed by atoms with Gasteiger partial charge in [0, 0.05) is 31.8 Å². The quantitative estimate of drug-likeness (QED) is 0.862. The van der Waals surface area contributed by atoms with Gasteiger partial charge in [-0.15, -0.1) is 0 Å². The number of nitrogens with one attached hydrogen (secondary N) is 1. The number of rotatable bonds is 3. The van der Waals surface area contributed by atoms with Gasteiger partial charge in [0.25, 0.3) is 0 Å². The van der Waals surface area contributed by atoms with Crippen LogP contribution in [0.4, 0.5) is 5.69 Å². The molecule has 0 radical (unpaired) electrons. The Morgan fingerprint density at radius 3 is 2.77 bits per heavy atom. The van der Waals surface area contributed by atoms with E-state index in [0.717, 1.165) is 5.56 Å². The SMILES string of the molecule is C[C@@H]1CN(S(=O)(=O)c2ccc3c(c2)CCC(=O)N3)C[C@H]1CO. The molecule has 120 valence electrons. The molecule has 2 atom stereocenters. The maximum Gasteiger partial charge on any atom is 0.243 e. The van der Waals surface area contributed by atoms with Crippen molar-refractivity contribution in [1.82, 2.24) is 4.31 Å². The van der Waals surface area contributed by atoms with E-state index in [1.165, 1.54) is 10.4 Å². The summed E-state index contributed by atoms with van der Waals surface area (Å²) in [4.78, 5) is 11.6. The van der Waals surface area contributed by atoms with Gasteiger partial charge in [-0.05, 0) is 42.0 Å². The number of carbonyl (C=O) groups is 1. The third-order valence-corrected chi connectivity index (χ3v) is 6.41. The van der Waals surface area contributed by atoms with E-state index in [0.29, 0.717) is 31.6 Å². The van der Waals surface area contributed by atoms with Crippen LogP contribution in [0.1, 0.15) is 18.9 Å². The Hall–Kier alpha value is -1.44. The first-order chi connectivity index (χ1) is 10.4. The molecular formula is C15H20N2O4S. The lowest BCUT2D eigenvalue weighted by Gasteiger charge is -2.20. The molecule has 0 aromatic heterocycles. The topological polar surface area (TPSA) is 86.7 Å². The van der Waals surface area contributed by atoms with Gasteiger partial charge in [-0.2, -0.15) is 4.31 Å². The third kappa shape index (κ3) is 2.64. The van der Waals surface area contributed by atoms with E-state index in [-0.39, 0.29) is 29.2 Å². The van der Waals surface area contributed by atoms with Crippen molar-refractivity contribution in [3.8, 4) is 0 Å². The molecule has 2 N–H and O–H groups in total. The van der Waals surface area contributed by atoms with Crippen LogP contribution in [-0.4, -0.2) is 43.4 Å². The second kappa shape index (κ2) is 5.64. The molecule has 7 heteroatoms. The highest BCUT2D eigenvalue weighted by molar-refractivity contribution is 7.89. The number of hydrogen-bond donors (Lipinski definition) is 2. The van der Waals surface area contributed by atoms with Crippen LogP contribution in [0.5, 0.6) is 0 Å². The summed E-state index contributed by atoms with van der Waals surface area (Å²) in [6.07, 6.45) is 0.935. The van der Waals surface area contributed by atoms with Gasteiger partial charge in [-0.1, -0.05) is 6.92 Å². The summed E-state index contributed by atoms with van der Waals surface area (Å²) in [5.41, 5.74) is 1.55. The molecule has 1 aromatic carbocycles. The number of aliphatic hydroxyl groups excluding tert-OH is 1. The van der Waals surface area contributed by atoms with Crippen LogP contribution in [0.2, 0.25) is 0 Å². The van der Waals surface area contributed by atoms with Crippen molar-refractivity contribution in [1.29, 1.82) is 0 Å². The molecular weight excluding hydrogens is 304 g/mol. The summed E-state index contributed by atoms with van der Waals surface area (Å²) in [6, 6.07) is 4.85. The maximum atomic E-state index is 12.7. The Balaban J connectivity index is 1.89. The van der Waals surface area contributed by atoms with Crippen molar-refractivity contribution >= 4 is 21.6 Å². The van der Waals surface area contributed by atoms with Gasteiger partial charge in [-0.3, -0.25) is 4.79 Å². The molecule has 1 amide bonds. The van der Waals surface area contributed by atoms with Crippen molar-refractivity contribution < 1.29 is 18.3 Å². The van der Waals surface area contributed by atoms with Gasteiger partial charge >= 0.3 is 0 Å². The number of aliphatic hydroxyl groups is 1. The molecule has 1 aromatic rings. The average Bonchev–Trinajstić information content (AvgIpc) is 2.88. The zero-order valence-electron chi connectivity index (χ0n) is 12.4. The number of hydrogen-bond acceptors (Lipinski definition) is 4. The normalized spacial score (nSPS) is 25.8. The van der Waals surface area contributed by atoms with E-state index in [4.69, 9.17) is 0 Å². The lowest BCUT2D eigenvalue weighted by atomic mass is 10.00. The lowest BCUT2D eigenvalue weighted by molar-refractivity contribution is -0.116. The number of benzene rings is 1. The number of amides is 1. The highest BCUT2D eigenvalue weighted by Gasteiger charge is 2.37. The first-order valence-electron chi connectivity index (χ1n) is 7.45. The summed E-state index contributed by atoms with van der Waals surface area (Å²) >= 11 is 0. The number of carbonyl (C=O) groups excluding carboxylic acids is 1. The minimum Gasteiger partial charge on any atom is -0.396 e. The van der Waals surface area contributed by atoms with Crippen molar-refractivity contribution in [3.63, 3.8) is 0 Å². The van der Waals surface area contributed by atoms with Gasteiger partial charge < -0.3 is 10.4 Å².